The number of carbonyl (C=O) groups excluding carboxylic acids is 1. The third-order valence-electron chi connectivity index (χ3n) is 4.41. The summed E-state index contributed by atoms with van der Waals surface area (Å²) in [4.78, 5) is 11.1. The number of primary amides is 1. The zero-order valence-electron chi connectivity index (χ0n) is 13.8. The molecule has 1 fully saturated rings. The van der Waals surface area contributed by atoms with Crippen LogP contribution in [0.5, 0.6) is 0 Å². The molecule has 10 heteroatoms. The SMILES string of the molecule is NC(=O)c1cc(C2CCN(S(=O)(=O)Cc3cc(F)cc(F)c3)CC2)[nH]n1. The first kappa shape index (κ1) is 18.5. The topological polar surface area (TPSA) is 109 Å². The van der Waals surface area contributed by atoms with Crippen LogP contribution in [0.15, 0.2) is 24.3 Å². The lowest BCUT2D eigenvalue weighted by Gasteiger charge is -2.30. The Bertz CT molecular complexity index is 901. The zero-order chi connectivity index (χ0) is 18.9. The van der Waals surface area contributed by atoms with Gasteiger partial charge in [-0.05, 0) is 36.6 Å². The number of amides is 1. The predicted molar refractivity (Wildman–Crippen MR) is 89.6 cm³/mol. The average Bonchev–Trinajstić information content (AvgIpc) is 3.04. The normalized spacial score (nSPS) is 16.7. The van der Waals surface area contributed by atoms with Crippen LogP contribution >= 0.6 is 0 Å². The van der Waals surface area contributed by atoms with E-state index in [1.165, 1.54) is 4.31 Å². The average molecular weight is 384 g/mol. The Morgan fingerprint density at radius 2 is 1.81 bits per heavy atom. The predicted octanol–water partition coefficient (Wildman–Crippen LogP) is 1.50. The number of rotatable bonds is 5. The summed E-state index contributed by atoms with van der Waals surface area (Å²) < 4.78 is 52.8. The van der Waals surface area contributed by atoms with Gasteiger partial charge in [0.1, 0.15) is 17.3 Å². The van der Waals surface area contributed by atoms with Gasteiger partial charge in [-0.2, -0.15) is 5.10 Å². The largest absolute Gasteiger partial charge is 0.364 e. The number of nitrogens with one attached hydrogen (secondary N) is 1. The van der Waals surface area contributed by atoms with Crippen LogP contribution in [0.25, 0.3) is 0 Å². The summed E-state index contributed by atoms with van der Waals surface area (Å²) in [5, 5.41) is 6.59. The van der Waals surface area contributed by atoms with Crippen molar-refractivity contribution in [2.45, 2.75) is 24.5 Å². The van der Waals surface area contributed by atoms with Crippen LogP contribution in [0.4, 0.5) is 8.78 Å². The van der Waals surface area contributed by atoms with E-state index in [1.54, 1.807) is 6.07 Å². The molecule has 2 heterocycles. The number of hydrogen-bond acceptors (Lipinski definition) is 4. The lowest BCUT2D eigenvalue weighted by Crippen LogP contribution is -2.38. The van der Waals surface area contributed by atoms with Crippen molar-refractivity contribution >= 4 is 15.9 Å². The van der Waals surface area contributed by atoms with Gasteiger partial charge in [0, 0.05) is 30.8 Å². The van der Waals surface area contributed by atoms with Crippen molar-refractivity contribution in [3.8, 4) is 0 Å². The zero-order valence-corrected chi connectivity index (χ0v) is 14.6. The van der Waals surface area contributed by atoms with E-state index in [0.29, 0.717) is 18.9 Å². The molecule has 1 amide bonds. The van der Waals surface area contributed by atoms with Crippen LogP contribution in [-0.2, 0) is 15.8 Å². The number of benzene rings is 1. The van der Waals surface area contributed by atoms with Crippen LogP contribution in [0.2, 0.25) is 0 Å². The molecule has 0 spiro atoms. The molecule has 0 atom stereocenters. The van der Waals surface area contributed by atoms with Crippen molar-refractivity contribution in [1.82, 2.24) is 14.5 Å². The molecule has 7 nitrogen and oxygen atoms in total. The molecular weight excluding hydrogens is 366 g/mol. The monoisotopic (exact) mass is 384 g/mol. The molecule has 1 aromatic heterocycles. The highest BCUT2D eigenvalue weighted by atomic mass is 32.2. The minimum absolute atomic E-state index is 0.0358. The number of halogens is 2. The highest BCUT2D eigenvalue weighted by Crippen LogP contribution is 2.29. The van der Waals surface area contributed by atoms with Gasteiger partial charge in [-0.3, -0.25) is 9.89 Å². The van der Waals surface area contributed by atoms with Crippen molar-refractivity contribution in [2.24, 2.45) is 5.73 Å². The van der Waals surface area contributed by atoms with Crippen molar-refractivity contribution < 1.29 is 22.0 Å². The summed E-state index contributed by atoms with van der Waals surface area (Å²) in [5.41, 5.74) is 6.12. The highest BCUT2D eigenvalue weighted by molar-refractivity contribution is 7.88. The molecule has 2 aromatic rings. The summed E-state index contributed by atoms with van der Waals surface area (Å²) in [6.45, 7) is 0.547. The van der Waals surface area contributed by atoms with E-state index >= 15 is 0 Å². The summed E-state index contributed by atoms with van der Waals surface area (Å²) >= 11 is 0. The molecule has 0 saturated carbocycles. The summed E-state index contributed by atoms with van der Waals surface area (Å²) in [6.07, 6.45) is 1.08. The first-order valence-electron chi connectivity index (χ1n) is 8.02. The van der Waals surface area contributed by atoms with Crippen LogP contribution in [-0.4, -0.2) is 41.9 Å². The molecule has 1 saturated heterocycles. The van der Waals surface area contributed by atoms with E-state index in [0.717, 1.165) is 17.8 Å². The van der Waals surface area contributed by atoms with Crippen molar-refractivity contribution in [1.29, 1.82) is 0 Å². The first-order chi connectivity index (χ1) is 12.2. The van der Waals surface area contributed by atoms with Gasteiger partial charge in [-0.1, -0.05) is 0 Å². The Morgan fingerprint density at radius 3 is 2.35 bits per heavy atom. The van der Waals surface area contributed by atoms with Crippen molar-refractivity contribution in [3.63, 3.8) is 0 Å². The Balaban J connectivity index is 1.65. The number of nitrogens with zero attached hydrogens (tertiary/aromatic N) is 2. The number of carbonyl (C=O) groups is 1. The van der Waals surface area contributed by atoms with Gasteiger partial charge in [0.25, 0.3) is 5.91 Å². The Kier molecular flexibility index (Phi) is 5.05. The van der Waals surface area contributed by atoms with E-state index in [4.69, 9.17) is 5.73 Å². The van der Waals surface area contributed by atoms with Crippen LogP contribution < -0.4 is 5.73 Å². The second-order valence-electron chi connectivity index (χ2n) is 6.28. The van der Waals surface area contributed by atoms with Gasteiger partial charge < -0.3 is 5.73 Å². The number of hydrogen-bond donors (Lipinski definition) is 2. The molecule has 3 N–H and O–H groups in total. The maximum absolute atomic E-state index is 13.3. The van der Waals surface area contributed by atoms with E-state index in [-0.39, 0.29) is 30.3 Å². The molecule has 0 aliphatic carbocycles. The maximum Gasteiger partial charge on any atom is 0.269 e. The lowest BCUT2D eigenvalue weighted by atomic mass is 9.94. The molecule has 1 aromatic carbocycles. The molecule has 0 unspecified atom stereocenters. The van der Waals surface area contributed by atoms with Gasteiger partial charge in [-0.25, -0.2) is 21.5 Å². The van der Waals surface area contributed by atoms with Gasteiger partial charge in [0.15, 0.2) is 0 Å². The smallest absolute Gasteiger partial charge is 0.269 e. The molecule has 26 heavy (non-hydrogen) atoms. The number of H-pyrrole nitrogens is 1. The Morgan fingerprint density at radius 1 is 1.19 bits per heavy atom. The lowest BCUT2D eigenvalue weighted by molar-refractivity contribution is 0.0995. The number of aromatic amines is 1. The van der Waals surface area contributed by atoms with Crippen molar-refractivity contribution in [3.05, 3.63) is 52.9 Å². The van der Waals surface area contributed by atoms with E-state index < -0.39 is 33.3 Å². The van der Waals surface area contributed by atoms with E-state index in [1.807, 2.05) is 0 Å². The minimum atomic E-state index is -3.68. The quantitative estimate of drug-likeness (QED) is 0.814. The molecule has 1 aliphatic rings. The number of piperidine rings is 1. The molecule has 0 bridgehead atoms. The third-order valence-corrected chi connectivity index (χ3v) is 6.26. The van der Waals surface area contributed by atoms with Gasteiger partial charge in [-0.15, -0.1) is 0 Å². The molecule has 1 aliphatic heterocycles. The fourth-order valence-corrected chi connectivity index (χ4v) is 4.65. The second kappa shape index (κ2) is 7.12. The van der Waals surface area contributed by atoms with Crippen LogP contribution in [0.3, 0.4) is 0 Å². The van der Waals surface area contributed by atoms with Crippen LogP contribution in [0.1, 0.15) is 40.5 Å². The number of nitrogens with two attached hydrogens (primary N) is 1. The summed E-state index contributed by atoms with van der Waals surface area (Å²) in [5.74, 6) is -2.66. The van der Waals surface area contributed by atoms with E-state index in [9.17, 15) is 22.0 Å². The Labute approximate surface area is 149 Å². The Hall–Kier alpha value is -2.33. The highest BCUT2D eigenvalue weighted by Gasteiger charge is 2.30. The van der Waals surface area contributed by atoms with Crippen molar-refractivity contribution in [2.75, 3.05) is 13.1 Å². The van der Waals surface area contributed by atoms with Crippen LogP contribution in [0, 0.1) is 11.6 Å². The fourth-order valence-electron chi connectivity index (χ4n) is 3.11. The van der Waals surface area contributed by atoms with Gasteiger partial charge in [0.2, 0.25) is 10.0 Å². The first-order valence-corrected chi connectivity index (χ1v) is 9.63. The maximum atomic E-state index is 13.3. The summed E-state index contributed by atoms with van der Waals surface area (Å²) in [7, 11) is -3.68. The van der Waals surface area contributed by atoms with E-state index in [2.05, 4.69) is 10.2 Å². The molecular formula is C16H18F2N4O3S. The summed E-state index contributed by atoms with van der Waals surface area (Å²) in [6, 6.07) is 4.31. The molecule has 0 radical (unpaired) electrons. The number of sulfonamides is 1. The minimum Gasteiger partial charge on any atom is -0.364 e. The van der Waals surface area contributed by atoms with Gasteiger partial charge >= 0.3 is 0 Å². The molecule has 140 valence electrons. The van der Waals surface area contributed by atoms with Gasteiger partial charge in [0.05, 0.1) is 5.75 Å². The second-order valence-corrected chi connectivity index (χ2v) is 8.25. The third kappa shape index (κ3) is 4.07. The molecule has 3 rings (SSSR count). The standard InChI is InChI=1S/C16H18F2N4O3S/c17-12-5-10(6-13(18)7-12)9-26(24,25)22-3-1-11(2-4-22)14-8-15(16(19)23)21-20-14/h5-8,11H,1-4,9H2,(H2,19,23)(H,20,21). The number of aromatic nitrogens is 2. The fraction of sp³-hybridized carbons (Fsp3) is 0.375.